The van der Waals surface area contributed by atoms with Gasteiger partial charge in [0.15, 0.2) is 0 Å². The molecule has 0 spiro atoms. The molecule has 1 saturated heterocycles. The molecule has 2 N–H and O–H groups in total. The van der Waals surface area contributed by atoms with Crippen LogP contribution in [0.4, 0.5) is 8.78 Å². The first-order valence-corrected chi connectivity index (χ1v) is 7.08. The van der Waals surface area contributed by atoms with Crippen LogP contribution in [0.2, 0.25) is 0 Å². The molecule has 1 aliphatic heterocycles. The molecule has 2 nitrogen and oxygen atoms in total. The second-order valence-corrected chi connectivity index (χ2v) is 6.46. The molecule has 1 heterocycles. The van der Waals surface area contributed by atoms with Gasteiger partial charge >= 0.3 is 0 Å². The van der Waals surface area contributed by atoms with E-state index in [2.05, 4.69) is 11.8 Å². The van der Waals surface area contributed by atoms with Crippen LogP contribution in [0.15, 0.2) is 12.1 Å². The van der Waals surface area contributed by atoms with Gasteiger partial charge in [0.1, 0.15) is 11.6 Å². The van der Waals surface area contributed by atoms with E-state index in [0.29, 0.717) is 16.7 Å². The van der Waals surface area contributed by atoms with Gasteiger partial charge in [-0.15, -0.1) is 12.4 Å². The van der Waals surface area contributed by atoms with Gasteiger partial charge in [-0.25, -0.2) is 8.78 Å². The van der Waals surface area contributed by atoms with Crippen molar-refractivity contribution in [2.24, 2.45) is 11.1 Å². The van der Waals surface area contributed by atoms with Crippen LogP contribution in [0.25, 0.3) is 0 Å². The van der Waals surface area contributed by atoms with Crippen molar-refractivity contribution in [1.82, 2.24) is 4.90 Å². The molecule has 2 rings (SSSR count). The minimum absolute atomic E-state index is 0. The number of hydrogen-bond acceptors (Lipinski definition) is 2. The van der Waals surface area contributed by atoms with Gasteiger partial charge in [0.2, 0.25) is 0 Å². The first-order valence-electron chi connectivity index (χ1n) is 6.00. The number of hydrogen-bond donors (Lipinski definition) is 1. The van der Waals surface area contributed by atoms with Crippen LogP contribution in [0, 0.1) is 20.6 Å². The first kappa shape index (κ1) is 17.1. The van der Waals surface area contributed by atoms with E-state index in [1.165, 1.54) is 12.1 Å². The Balaban J connectivity index is 0.00000180. The average Bonchev–Trinajstić information content (AvgIpc) is 2.72. The molecule has 0 saturated carbocycles. The van der Waals surface area contributed by atoms with Crippen LogP contribution in [0.3, 0.4) is 0 Å². The van der Waals surface area contributed by atoms with Crippen molar-refractivity contribution in [1.29, 1.82) is 0 Å². The lowest BCUT2D eigenvalue weighted by Crippen LogP contribution is -2.31. The van der Waals surface area contributed by atoms with Crippen molar-refractivity contribution in [3.05, 3.63) is 32.9 Å². The highest BCUT2D eigenvalue weighted by Crippen LogP contribution is 2.30. The van der Waals surface area contributed by atoms with Crippen molar-refractivity contribution in [3.63, 3.8) is 0 Å². The quantitative estimate of drug-likeness (QED) is 0.622. The van der Waals surface area contributed by atoms with Gasteiger partial charge in [-0.05, 0) is 59.6 Å². The van der Waals surface area contributed by atoms with E-state index in [1.807, 2.05) is 22.6 Å². The SMILES string of the molecule is CC1(CN)CCN(Cc2c(F)ccc(I)c2F)C1.Cl. The second-order valence-electron chi connectivity index (χ2n) is 5.30. The Hall–Kier alpha value is 0.0200. The number of likely N-dealkylation sites (tertiary alicyclic amines) is 1. The molecule has 1 aromatic carbocycles. The van der Waals surface area contributed by atoms with E-state index in [0.717, 1.165) is 19.5 Å². The lowest BCUT2D eigenvalue weighted by molar-refractivity contribution is 0.267. The van der Waals surface area contributed by atoms with Crippen molar-refractivity contribution < 1.29 is 8.78 Å². The van der Waals surface area contributed by atoms with Gasteiger partial charge in [0, 0.05) is 22.2 Å². The monoisotopic (exact) mass is 402 g/mol. The van der Waals surface area contributed by atoms with Crippen LogP contribution in [0.1, 0.15) is 18.9 Å². The molecule has 0 bridgehead atoms. The molecule has 0 aromatic heterocycles. The number of rotatable bonds is 3. The molecular weight excluding hydrogens is 385 g/mol. The smallest absolute Gasteiger partial charge is 0.143 e. The molecule has 0 amide bonds. The fraction of sp³-hybridized carbons (Fsp3) is 0.538. The third-order valence-electron chi connectivity index (χ3n) is 3.65. The van der Waals surface area contributed by atoms with Gasteiger partial charge in [0.25, 0.3) is 0 Å². The highest BCUT2D eigenvalue weighted by Gasteiger charge is 2.33. The van der Waals surface area contributed by atoms with Crippen molar-refractivity contribution >= 4 is 35.0 Å². The zero-order valence-corrected chi connectivity index (χ0v) is 13.7. The third-order valence-corrected chi connectivity index (χ3v) is 4.48. The van der Waals surface area contributed by atoms with Crippen LogP contribution in [-0.4, -0.2) is 24.5 Å². The summed E-state index contributed by atoms with van der Waals surface area (Å²) < 4.78 is 28.0. The summed E-state index contributed by atoms with van der Waals surface area (Å²) in [7, 11) is 0. The van der Waals surface area contributed by atoms with Crippen LogP contribution in [-0.2, 0) is 6.54 Å². The van der Waals surface area contributed by atoms with E-state index >= 15 is 0 Å². The molecule has 1 unspecified atom stereocenters. The standard InChI is InChI=1S/C13H17F2IN2.ClH/c1-13(7-17)4-5-18(8-13)6-9-10(14)2-3-11(16)12(9)15;/h2-3H,4-8,17H2,1H3;1H. The number of halogens is 4. The van der Waals surface area contributed by atoms with Gasteiger partial charge < -0.3 is 5.73 Å². The highest BCUT2D eigenvalue weighted by molar-refractivity contribution is 14.1. The minimum Gasteiger partial charge on any atom is -0.330 e. The minimum atomic E-state index is -0.464. The Kier molecular flexibility index (Phi) is 5.97. The second kappa shape index (κ2) is 6.65. The zero-order chi connectivity index (χ0) is 13.3. The Morgan fingerprint density at radius 3 is 2.68 bits per heavy atom. The Morgan fingerprint density at radius 1 is 1.42 bits per heavy atom. The predicted octanol–water partition coefficient (Wildman–Crippen LogP) is 3.16. The van der Waals surface area contributed by atoms with Gasteiger partial charge in [0.05, 0.1) is 0 Å². The van der Waals surface area contributed by atoms with E-state index in [9.17, 15) is 8.78 Å². The fourth-order valence-corrected chi connectivity index (χ4v) is 2.87. The molecule has 0 aliphatic carbocycles. The molecule has 6 heteroatoms. The maximum atomic E-state index is 13.9. The Morgan fingerprint density at radius 2 is 2.11 bits per heavy atom. The molecule has 1 aromatic rings. The molecule has 108 valence electrons. The number of nitrogens with two attached hydrogens (primary N) is 1. The van der Waals surface area contributed by atoms with E-state index in [-0.39, 0.29) is 23.4 Å². The molecule has 0 radical (unpaired) electrons. The molecular formula is C13H18ClF2IN2. The predicted molar refractivity (Wildman–Crippen MR) is 83.4 cm³/mol. The highest BCUT2D eigenvalue weighted by atomic mass is 127. The summed E-state index contributed by atoms with van der Waals surface area (Å²) in [6.45, 7) is 4.70. The summed E-state index contributed by atoms with van der Waals surface area (Å²) in [4.78, 5) is 2.07. The van der Waals surface area contributed by atoms with Gasteiger partial charge in [-0.1, -0.05) is 6.92 Å². The normalized spacial score (nSPS) is 23.4. The molecule has 1 atom stereocenters. The van der Waals surface area contributed by atoms with E-state index < -0.39 is 11.6 Å². The lowest BCUT2D eigenvalue weighted by Gasteiger charge is -2.23. The van der Waals surface area contributed by atoms with E-state index in [4.69, 9.17) is 5.73 Å². The average molecular weight is 403 g/mol. The molecule has 1 fully saturated rings. The number of nitrogens with zero attached hydrogens (tertiary/aromatic N) is 1. The largest absolute Gasteiger partial charge is 0.330 e. The first-order chi connectivity index (χ1) is 8.45. The van der Waals surface area contributed by atoms with Crippen LogP contribution >= 0.6 is 35.0 Å². The lowest BCUT2D eigenvalue weighted by atomic mass is 9.90. The maximum absolute atomic E-state index is 13.9. The van der Waals surface area contributed by atoms with Gasteiger partial charge in [-0.2, -0.15) is 0 Å². The maximum Gasteiger partial charge on any atom is 0.143 e. The molecule has 19 heavy (non-hydrogen) atoms. The Bertz CT molecular complexity index is 459. The summed E-state index contributed by atoms with van der Waals surface area (Å²) in [5.74, 6) is -0.897. The summed E-state index contributed by atoms with van der Waals surface area (Å²) >= 11 is 1.89. The third kappa shape index (κ3) is 3.77. The van der Waals surface area contributed by atoms with Crippen molar-refractivity contribution in [2.45, 2.75) is 19.9 Å². The summed E-state index contributed by atoms with van der Waals surface area (Å²) in [5, 5.41) is 0. The fourth-order valence-electron chi connectivity index (χ4n) is 2.37. The van der Waals surface area contributed by atoms with Crippen LogP contribution < -0.4 is 5.73 Å². The number of benzene rings is 1. The summed E-state index contributed by atoms with van der Waals surface area (Å²) in [6, 6.07) is 2.79. The summed E-state index contributed by atoms with van der Waals surface area (Å²) in [5.41, 5.74) is 5.98. The van der Waals surface area contributed by atoms with Gasteiger partial charge in [-0.3, -0.25) is 4.90 Å². The van der Waals surface area contributed by atoms with E-state index in [1.54, 1.807) is 0 Å². The van der Waals surface area contributed by atoms with Crippen molar-refractivity contribution in [2.75, 3.05) is 19.6 Å². The topological polar surface area (TPSA) is 29.3 Å². The van der Waals surface area contributed by atoms with Crippen LogP contribution in [0.5, 0.6) is 0 Å². The zero-order valence-electron chi connectivity index (χ0n) is 10.8. The Labute approximate surface area is 132 Å². The summed E-state index contributed by atoms with van der Waals surface area (Å²) in [6.07, 6.45) is 0.983. The molecule has 1 aliphatic rings. The van der Waals surface area contributed by atoms with Crippen molar-refractivity contribution in [3.8, 4) is 0 Å².